The molecule has 1 heterocycles. The van der Waals surface area contributed by atoms with Gasteiger partial charge in [0.2, 0.25) is 0 Å². The summed E-state index contributed by atoms with van der Waals surface area (Å²) in [6.45, 7) is 0. The number of rotatable bonds is 4. The SMILES string of the molecule is O=C(O)c1cccc(N2C(=O)c3cc(C(=O)O)c4c(C(=O)O)cccc4c3C2=O)c1. The van der Waals surface area contributed by atoms with Crippen molar-refractivity contribution in [1.29, 1.82) is 0 Å². The number of amides is 2. The molecule has 0 fully saturated rings. The van der Waals surface area contributed by atoms with Crippen molar-refractivity contribution >= 4 is 46.2 Å². The monoisotopic (exact) mass is 405 g/mol. The van der Waals surface area contributed by atoms with Gasteiger partial charge in [0.15, 0.2) is 0 Å². The van der Waals surface area contributed by atoms with Gasteiger partial charge in [0, 0.05) is 5.39 Å². The molecule has 0 bridgehead atoms. The molecule has 3 aromatic rings. The number of carbonyl (C=O) groups is 5. The second kappa shape index (κ2) is 6.52. The average molecular weight is 405 g/mol. The van der Waals surface area contributed by atoms with E-state index in [4.69, 9.17) is 5.11 Å². The minimum absolute atomic E-state index is 0.000476. The van der Waals surface area contributed by atoms with Crippen molar-refractivity contribution in [2.75, 3.05) is 4.90 Å². The van der Waals surface area contributed by atoms with Crippen molar-refractivity contribution < 1.29 is 39.3 Å². The lowest BCUT2D eigenvalue weighted by molar-refractivity contribution is 0.0684. The van der Waals surface area contributed by atoms with Crippen molar-refractivity contribution in [3.8, 4) is 0 Å². The molecule has 1 aliphatic heterocycles. The van der Waals surface area contributed by atoms with Crippen LogP contribution in [0.25, 0.3) is 10.8 Å². The second-order valence-electron chi connectivity index (χ2n) is 6.49. The Labute approximate surface area is 167 Å². The van der Waals surface area contributed by atoms with E-state index < -0.39 is 35.3 Å². The summed E-state index contributed by atoms with van der Waals surface area (Å²) in [6.07, 6.45) is 0. The number of hydrogen-bond acceptors (Lipinski definition) is 5. The van der Waals surface area contributed by atoms with Gasteiger partial charge in [-0.25, -0.2) is 19.3 Å². The summed E-state index contributed by atoms with van der Waals surface area (Å²) in [5.41, 5.74) is -1.23. The zero-order valence-corrected chi connectivity index (χ0v) is 14.9. The Morgan fingerprint density at radius 3 is 2.03 bits per heavy atom. The van der Waals surface area contributed by atoms with Gasteiger partial charge in [0.25, 0.3) is 11.8 Å². The van der Waals surface area contributed by atoms with Gasteiger partial charge in [-0.3, -0.25) is 9.59 Å². The molecule has 148 valence electrons. The molecule has 0 aromatic heterocycles. The van der Waals surface area contributed by atoms with E-state index in [0.717, 1.165) is 17.0 Å². The third-order valence-corrected chi connectivity index (χ3v) is 4.82. The fourth-order valence-electron chi connectivity index (χ4n) is 3.57. The lowest BCUT2D eigenvalue weighted by Gasteiger charge is -2.14. The first-order valence-corrected chi connectivity index (χ1v) is 8.50. The smallest absolute Gasteiger partial charge is 0.336 e. The van der Waals surface area contributed by atoms with Gasteiger partial charge in [0.05, 0.1) is 33.5 Å². The highest BCUT2D eigenvalue weighted by Crippen LogP contribution is 2.37. The van der Waals surface area contributed by atoms with E-state index in [-0.39, 0.29) is 38.7 Å². The van der Waals surface area contributed by atoms with E-state index in [1.165, 1.54) is 36.4 Å². The molecule has 0 spiro atoms. The van der Waals surface area contributed by atoms with Crippen molar-refractivity contribution in [3.05, 3.63) is 76.3 Å². The van der Waals surface area contributed by atoms with Crippen molar-refractivity contribution in [3.63, 3.8) is 0 Å². The highest BCUT2D eigenvalue weighted by atomic mass is 16.4. The van der Waals surface area contributed by atoms with Crippen LogP contribution in [0, 0.1) is 0 Å². The van der Waals surface area contributed by atoms with Gasteiger partial charge < -0.3 is 15.3 Å². The first kappa shape index (κ1) is 18.8. The van der Waals surface area contributed by atoms with E-state index in [2.05, 4.69) is 0 Å². The number of nitrogens with zero attached hydrogens (tertiary/aromatic N) is 1. The first-order chi connectivity index (χ1) is 14.2. The van der Waals surface area contributed by atoms with E-state index >= 15 is 0 Å². The number of carboxylic acids is 3. The van der Waals surface area contributed by atoms with E-state index in [1.807, 2.05) is 0 Å². The molecule has 0 aliphatic carbocycles. The van der Waals surface area contributed by atoms with E-state index in [0.29, 0.717) is 0 Å². The summed E-state index contributed by atoms with van der Waals surface area (Å²) in [5, 5.41) is 28.1. The maximum absolute atomic E-state index is 13.1. The molecule has 3 N–H and O–H groups in total. The quantitative estimate of drug-likeness (QED) is 0.561. The molecule has 0 saturated heterocycles. The van der Waals surface area contributed by atoms with Crippen LogP contribution in [0.1, 0.15) is 51.8 Å². The lowest BCUT2D eigenvalue weighted by atomic mass is 9.92. The van der Waals surface area contributed by atoms with Gasteiger partial charge in [-0.2, -0.15) is 0 Å². The highest BCUT2D eigenvalue weighted by Gasteiger charge is 2.40. The fourth-order valence-corrected chi connectivity index (χ4v) is 3.57. The molecule has 4 rings (SSSR count). The topological polar surface area (TPSA) is 149 Å². The van der Waals surface area contributed by atoms with Gasteiger partial charge in [-0.05, 0) is 35.7 Å². The van der Waals surface area contributed by atoms with E-state index in [1.54, 1.807) is 0 Å². The van der Waals surface area contributed by atoms with Crippen LogP contribution in [-0.2, 0) is 0 Å². The Morgan fingerprint density at radius 2 is 1.40 bits per heavy atom. The number of hydrogen-bond donors (Lipinski definition) is 3. The summed E-state index contributed by atoms with van der Waals surface area (Å²) in [6, 6.07) is 10.1. The molecule has 0 saturated carbocycles. The Hall–Kier alpha value is -4.53. The van der Waals surface area contributed by atoms with Gasteiger partial charge >= 0.3 is 17.9 Å². The number of fused-ring (bicyclic) bond motifs is 3. The zero-order chi connectivity index (χ0) is 21.7. The van der Waals surface area contributed by atoms with Crippen molar-refractivity contribution in [2.24, 2.45) is 0 Å². The van der Waals surface area contributed by atoms with Gasteiger partial charge in [-0.15, -0.1) is 0 Å². The van der Waals surface area contributed by atoms with Crippen LogP contribution in [0.3, 0.4) is 0 Å². The van der Waals surface area contributed by atoms with Crippen LogP contribution in [0.5, 0.6) is 0 Å². The molecule has 0 radical (unpaired) electrons. The Morgan fingerprint density at radius 1 is 0.733 bits per heavy atom. The minimum atomic E-state index is -1.46. The van der Waals surface area contributed by atoms with Crippen LogP contribution in [0.15, 0.2) is 48.5 Å². The third kappa shape index (κ3) is 2.60. The summed E-state index contributed by atoms with van der Waals surface area (Å²) in [4.78, 5) is 61.5. The molecule has 0 unspecified atom stereocenters. The molecule has 3 aromatic carbocycles. The van der Waals surface area contributed by atoms with Gasteiger partial charge in [-0.1, -0.05) is 18.2 Å². The number of carboxylic acid groups (broad SMARTS) is 3. The van der Waals surface area contributed by atoms with Crippen LogP contribution in [-0.4, -0.2) is 45.0 Å². The Balaban J connectivity index is 2.02. The maximum Gasteiger partial charge on any atom is 0.336 e. The largest absolute Gasteiger partial charge is 0.478 e. The normalized spacial score (nSPS) is 12.9. The average Bonchev–Trinajstić information content (AvgIpc) is 2.97. The Kier molecular flexibility index (Phi) is 4.09. The van der Waals surface area contributed by atoms with Crippen molar-refractivity contribution in [1.82, 2.24) is 0 Å². The molecule has 9 heteroatoms. The lowest BCUT2D eigenvalue weighted by Crippen LogP contribution is -2.29. The fraction of sp³-hybridized carbons (Fsp3) is 0. The summed E-state index contributed by atoms with van der Waals surface area (Å²) in [5.74, 6) is -5.73. The van der Waals surface area contributed by atoms with Crippen LogP contribution >= 0.6 is 0 Å². The molecular weight excluding hydrogens is 394 g/mol. The number of benzene rings is 3. The number of carbonyl (C=O) groups excluding carboxylic acids is 2. The molecule has 0 atom stereocenters. The maximum atomic E-state index is 13.1. The standard InChI is InChI=1S/C21H11NO8/c23-17-13-8-14(21(29)30)15-11(5-2-6-12(15)20(27)28)16(13)18(24)22(17)10-4-1-3-9(7-10)19(25)26/h1-8H,(H,25,26)(H,27,28)(H,29,30). The minimum Gasteiger partial charge on any atom is -0.478 e. The zero-order valence-electron chi connectivity index (χ0n) is 14.9. The number of anilines is 1. The molecule has 9 nitrogen and oxygen atoms in total. The Bertz CT molecular complexity index is 1320. The molecular formula is C21H11NO8. The van der Waals surface area contributed by atoms with E-state index in [9.17, 15) is 34.2 Å². The number of aromatic carboxylic acids is 3. The molecule has 30 heavy (non-hydrogen) atoms. The summed E-state index contributed by atoms with van der Waals surface area (Å²) < 4.78 is 0. The van der Waals surface area contributed by atoms with Crippen LogP contribution < -0.4 is 4.90 Å². The predicted molar refractivity (Wildman–Crippen MR) is 102 cm³/mol. The highest BCUT2D eigenvalue weighted by molar-refractivity contribution is 6.39. The van der Waals surface area contributed by atoms with Gasteiger partial charge in [0.1, 0.15) is 0 Å². The van der Waals surface area contributed by atoms with Crippen LogP contribution in [0.4, 0.5) is 5.69 Å². The summed E-state index contributed by atoms with van der Waals surface area (Å²) >= 11 is 0. The van der Waals surface area contributed by atoms with Crippen LogP contribution in [0.2, 0.25) is 0 Å². The van der Waals surface area contributed by atoms with Crippen molar-refractivity contribution in [2.45, 2.75) is 0 Å². The predicted octanol–water partition coefficient (Wildman–Crippen LogP) is 2.74. The summed E-state index contributed by atoms with van der Waals surface area (Å²) in [7, 11) is 0. The molecule has 1 aliphatic rings. The number of imide groups is 1. The first-order valence-electron chi connectivity index (χ1n) is 8.50. The third-order valence-electron chi connectivity index (χ3n) is 4.82. The second-order valence-corrected chi connectivity index (χ2v) is 6.49. The molecule has 2 amide bonds.